The van der Waals surface area contributed by atoms with Gasteiger partial charge < -0.3 is 14.8 Å². The van der Waals surface area contributed by atoms with Crippen LogP contribution in [0, 0.1) is 0 Å². The van der Waals surface area contributed by atoms with E-state index in [-0.39, 0.29) is 24.4 Å². The lowest BCUT2D eigenvalue weighted by Crippen LogP contribution is -2.47. The number of aromatic nitrogens is 3. The summed E-state index contributed by atoms with van der Waals surface area (Å²) in [5, 5.41) is 12.0. The zero-order valence-corrected chi connectivity index (χ0v) is 22.6. The molecule has 0 radical (unpaired) electrons. The maximum absolute atomic E-state index is 14.3. The molecule has 1 atom stereocenters. The number of amides is 2. The average molecular weight is 548 g/mol. The molecule has 4 aromatic rings. The van der Waals surface area contributed by atoms with Crippen LogP contribution < -0.4 is 19.7 Å². The van der Waals surface area contributed by atoms with Gasteiger partial charge in [0.2, 0.25) is 11.8 Å². The summed E-state index contributed by atoms with van der Waals surface area (Å²) in [6.45, 7) is -0.159. The number of halogens is 1. The maximum atomic E-state index is 14.3. The molecule has 0 unspecified atom stereocenters. The van der Waals surface area contributed by atoms with Crippen LogP contribution in [-0.4, -0.2) is 47.1 Å². The SMILES string of the molecule is COc1cccc([C@@H](C(=O)NC2CCCC2)N(C(=O)Cn2nnc3ccccc32)c2cc(Cl)ccc2OC)c1. The molecule has 5 rings (SSSR count). The largest absolute Gasteiger partial charge is 0.497 e. The van der Waals surface area contributed by atoms with Gasteiger partial charge in [-0.1, -0.05) is 53.9 Å². The number of nitrogens with one attached hydrogen (secondary N) is 1. The van der Waals surface area contributed by atoms with Crippen molar-refractivity contribution in [2.24, 2.45) is 0 Å². The van der Waals surface area contributed by atoms with Crippen molar-refractivity contribution < 1.29 is 19.1 Å². The maximum Gasteiger partial charge on any atom is 0.249 e. The topological polar surface area (TPSA) is 98.6 Å². The molecule has 1 heterocycles. The Morgan fingerprint density at radius 2 is 1.85 bits per heavy atom. The Morgan fingerprint density at radius 3 is 2.62 bits per heavy atom. The lowest BCUT2D eigenvalue weighted by Gasteiger charge is -2.33. The van der Waals surface area contributed by atoms with E-state index in [4.69, 9.17) is 21.1 Å². The molecule has 1 fully saturated rings. The van der Waals surface area contributed by atoms with Crippen molar-refractivity contribution in [1.29, 1.82) is 0 Å². The fraction of sp³-hybridized carbons (Fsp3) is 0.310. The van der Waals surface area contributed by atoms with E-state index in [0.29, 0.717) is 38.8 Å². The number of methoxy groups -OCH3 is 2. The molecule has 1 aromatic heterocycles. The van der Waals surface area contributed by atoms with E-state index < -0.39 is 6.04 Å². The van der Waals surface area contributed by atoms with Crippen LogP contribution in [0.3, 0.4) is 0 Å². The first-order chi connectivity index (χ1) is 19.0. The van der Waals surface area contributed by atoms with Gasteiger partial charge in [-0.05, 0) is 60.9 Å². The molecule has 0 saturated heterocycles. The number of fused-ring (bicyclic) bond motifs is 1. The van der Waals surface area contributed by atoms with Crippen molar-refractivity contribution in [1.82, 2.24) is 20.3 Å². The number of hydrogen-bond donors (Lipinski definition) is 1. The highest BCUT2D eigenvalue weighted by Crippen LogP contribution is 2.38. The Hall–Kier alpha value is -4.11. The fourth-order valence-corrected chi connectivity index (χ4v) is 5.25. The summed E-state index contributed by atoms with van der Waals surface area (Å²) in [6, 6.07) is 18.6. The first-order valence-electron chi connectivity index (χ1n) is 12.9. The second-order valence-electron chi connectivity index (χ2n) is 9.48. The number of para-hydroxylation sites is 1. The number of hydrogen-bond acceptors (Lipinski definition) is 6. The van der Waals surface area contributed by atoms with Crippen molar-refractivity contribution in [3.8, 4) is 11.5 Å². The Bertz CT molecular complexity index is 1480. The molecular formula is C29H30ClN5O4. The van der Waals surface area contributed by atoms with Crippen molar-refractivity contribution in [3.05, 3.63) is 77.3 Å². The normalized spacial score (nSPS) is 14.2. The van der Waals surface area contributed by atoms with E-state index in [2.05, 4.69) is 15.6 Å². The summed E-state index contributed by atoms with van der Waals surface area (Å²) in [7, 11) is 3.07. The number of carbonyl (C=O) groups excluding carboxylic acids is 2. The number of anilines is 1. The van der Waals surface area contributed by atoms with Gasteiger partial charge >= 0.3 is 0 Å². The highest BCUT2D eigenvalue weighted by molar-refractivity contribution is 6.31. The Labute approximate surface area is 231 Å². The van der Waals surface area contributed by atoms with Gasteiger partial charge in [0.1, 0.15) is 29.6 Å². The minimum absolute atomic E-state index is 0.0445. The molecule has 39 heavy (non-hydrogen) atoms. The molecule has 0 bridgehead atoms. The summed E-state index contributed by atoms with van der Waals surface area (Å²) in [5.41, 5.74) is 2.33. The van der Waals surface area contributed by atoms with E-state index in [0.717, 1.165) is 25.7 Å². The number of nitrogens with zero attached hydrogens (tertiary/aromatic N) is 4. The zero-order chi connectivity index (χ0) is 27.4. The minimum Gasteiger partial charge on any atom is -0.497 e. The molecule has 1 saturated carbocycles. The Balaban J connectivity index is 1.64. The summed E-state index contributed by atoms with van der Waals surface area (Å²) in [4.78, 5) is 29.8. The Morgan fingerprint density at radius 1 is 1.05 bits per heavy atom. The first kappa shape index (κ1) is 26.5. The quantitative estimate of drug-likeness (QED) is 0.319. The fourth-order valence-electron chi connectivity index (χ4n) is 5.09. The van der Waals surface area contributed by atoms with Gasteiger partial charge in [-0.15, -0.1) is 5.10 Å². The van der Waals surface area contributed by atoms with E-state index in [1.807, 2.05) is 30.3 Å². The predicted octanol–water partition coefficient (Wildman–Crippen LogP) is 4.94. The smallest absolute Gasteiger partial charge is 0.249 e. The summed E-state index contributed by atoms with van der Waals surface area (Å²) in [6.07, 6.45) is 3.91. The standard InChI is InChI=1S/C29H30ClN5O4/c1-38-22-11-7-8-19(16-22)28(29(37)31-21-9-3-4-10-21)35(25-17-20(30)14-15-26(25)39-2)27(36)18-34-24-13-6-5-12-23(24)32-33-34/h5-8,11-17,21,28H,3-4,9-10,18H2,1-2H3,(H,31,37)/t28-/m0/s1. The lowest BCUT2D eigenvalue weighted by atomic mass is 10.0. The number of rotatable bonds is 9. The molecule has 0 spiro atoms. The van der Waals surface area contributed by atoms with Gasteiger partial charge in [0.25, 0.3) is 0 Å². The van der Waals surface area contributed by atoms with Crippen LogP contribution in [0.15, 0.2) is 66.7 Å². The second kappa shape index (κ2) is 11.7. The molecule has 1 N–H and O–H groups in total. The monoisotopic (exact) mass is 547 g/mol. The van der Waals surface area contributed by atoms with E-state index >= 15 is 0 Å². The molecule has 0 aliphatic heterocycles. The average Bonchev–Trinajstić information content (AvgIpc) is 3.61. The summed E-state index contributed by atoms with van der Waals surface area (Å²) in [5.74, 6) is 0.284. The molecule has 1 aliphatic carbocycles. The van der Waals surface area contributed by atoms with Crippen LogP contribution >= 0.6 is 11.6 Å². The van der Waals surface area contributed by atoms with Crippen molar-refractivity contribution >= 4 is 40.1 Å². The number of carbonyl (C=O) groups is 2. The van der Waals surface area contributed by atoms with Crippen molar-refractivity contribution in [2.75, 3.05) is 19.1 Å². The summed E-state index contributed by atoms with van der Waals surface area (Å²) >= 11 is 6.42. The molecule has 9 nitrogen and oxygen atoms in total. The van der Waals surface area contributed by atoms with Crippen LogP contribution in [-0.2, 0) is 16.1 Å². The van der Waals surface area contributed by atoms with Crippen LogP contribution in [0.5, 0.6) is 11.5 Å². The van der Waals surface area contributed by atoms with Crippen LogP contribution in [0.4, 0.5) is 5.69 Å². The predicted molar refractivity (Wildman–Crippen MR) is 149 cm³/mol. The van der Waals surface area contributed by atoms with Gasteiger partial charge in [-0.2, -0.15) is 0 Å². The second-order valence-corrected chi connectivity index (χ2v) is 9.92. The molecular weight excluding hydrogens is 518 g/mol. The highest BCUT2D eigenvalue weighted by Gasteiger charge is 2.36. The molecule has 1 aliphatic rings. The number of ether oxygens (including phenoxy) is 2. The van der Waals surface area contributed by atoms with Crippen molar-refractivity contribution in [3.63, 3.8) is 0 Å². The highest BCUT2D eigenvalue weighted by atomic mass is 35.5. The third kappa shape index (κ3) is 5.68. The van der Waals surface area contributed by atoms with Crippen LogP contribution in [0.25, 0.3) is 11.0 Å². The third-order valence-corrected chi connectivity index (χ3v) is 7.23. The van der Waals surface area contributed by atoms with E-state index in [9.17, 15) is 9.59 Å². The zero-order valence-electron chi connectivity index (χ0n) is 21.8. The van der Waals surface area contributed by atoms with Gasteiger partial charge in [0, 0.05) is 11.1 Å². The Kier molecular flexibility index (Phi) is 7.97. The van der Waals surface area contributed by atoms with Gasteiger partial charge in [0.05, 0.1) is 25.4 Å². The van der Waals surface area contributed by atoms with E-state index in [1.54, 1.807) is 43.5 Å². The minimum atomic E-state index is -1.03. The van der Waals surface area contributed by atoms with E-state index in [1.165, 1.54) is 16.7 Å². The molecule has 202 valence electrons. The van der Waals surface area contributed by atoms with Gasteiger partial charge in [-0.3, -0.25) is 14.5 Å². The number of benzene rings is 3. The first-order valence-corrected chi connectivity index (χ1v) is 13.2. The van der Waals surface area contributed by atoms with Crippen LogP contribution in [0.1, 0.15) is 37.3 Å². The lowest BCUT2D eigenvalue weighted by molar-refractivity contribution is -0.127. The van der Waals surface area contributed by atoms with Gasteiger partial charge in [-0.25, -0.2) is 4.68 Å². The third-order valence-electron chi connectivity index (χ3n) is 6.99. The molecule has 3 aromatic carbocycles. The van der Waals surface area contributed by atoms with Gasteiger partial charge in [0.15, 0.2) is 0 Å². The molecule has 10 heteroatoms. The van der Waals surface area contributed by atoms with Crippen LogP contribution in [0.2, 0.25) is 5.02 Å². The van der Waals surface area contributed by atoms with Crippen molar-refractivity contribution in [2.45, 2.75) is 44.3 Å². The molecule has 2 amide bonds. The summed E-state index contributed by atoms with van der Waals surface area (Å²) < 4.78 is 12.6.